The topological polar surface area (TPSA) is 83.5 Å². The van der Waals surface area contributed by atoms with Gasteiger partial charge < -0.3 is 9.29 Å². The number of ketones is 2. The quantitative estimate of drug-likeness (QED) is 0.429. The largest absolute Gasteiger partial charge is 0.611 e. The van der Waals surface area contributed by atoms with E-state index in [0.29, 0.717) is 4.90 Å². The SMILES string of the molecule is COC(=O)CC(=O)CC(=O)C[S@@+]([O-])c1ccc(C)cc1. The fraction of sp³-hybridized carbons (Fsp3) is 0.357. The van der Waals surface area contributed by atoms with Crippen molar-refractivity contribution in [3.63, 3.8) is 0 Å². The number of Topliss-reactive ketones (excluding diaryl/α,β-unsaturated/α-hetero) is 2. The zero-order chi connectivity index (χ0) is 15.1. The third kappa shape index (κ3) is 5.54. The van der Waals surface area contributed by atoms with Gasteiger partial charge in [-0.15, -0.1) is 0 Å². The second kappa shape index (κ2) is 7.81. The standard InChI is InChI=1S/C14H16O5S/c1-10-3-5-13(6-4-10)20(18)9-12(16)7-11(15)8-14(17)19-2/h3-6H,7-9H2,1-2H3/t20-/m1/s1. The number of aryl methyl sites for hydroxylation is 1. The van der Waals surface area contributed by atoms with E-state index < -0.39 is 41.6 Å². The molecule has 20 heavy (non-hydrogen) atoms. The average molecular weight is 296 g/mol. The predicted octanol–water partition coefficient (Wildman–Crippen LogP) is 1.19. The molecule has 0 aliphatic heterocycles. The zero-order valence-corrected chi connectivity index (χ0v) is 12.2. The third-order valence-corrected chi connectivity index (χ3v) is 3.92. The number of benzene rings is 1. The first-order valence-corrected chi connectivity index (χ1v) is 7.29. The summed E-state index contributed by atoms with van der Waals surface area (Å²) < 4.78 is 16.2. The zero-order valence-electron chi connectivity index (χ0n) is 11.4. The van der Waals surface area contributed by atoms with E-state index in [-0.39, 0.29) is 5.75 Å². The van der Waals surface area contributed by atoms with Crippen LogP contribution in [0.2, 0.25) is 0 Å². The van der Waals surface area contributed by atoms with Gasteiger partial charge in [0.15, 0.2) is 22.2 Å². The summed E-state index contributed by atoms with van der Waals surface area (Å²) in [5.74, 6) is -1.88. The molecule has 0 bridgehead atoms. The molecule has 0 amide bonds. The van der Waals surface area contributed by atoms with Crippen molar-refractivity contribution in [2.45, 2.75) is 24.7 Å². The van der Waals surface area contributed by atoms with Gasteiger partial charge in [-0.2, -0.15) is 0 Å². The van der Waals surface area contributed by atoms with Crippen LogP contribution in [-0.4, -0.2) is 35.0 Å². The summed E-state index contributed by atoms with van der Waals surface area (Å²) in [4.78, 5) is 34.4. The summed E-state index contributed by atoms with van der Waals surface area (Å²) in [6.45, 7) is 1.91. The van der Waals surface area contributed by atoms with E-state index in [1.54, 1.807) is 24.3 Å². The minimum absolute atomic E-state index is 0.226. The molecule has 0 saturated carbocycles. The molecule has 1 atom stereocenters. The molecular formula is C14H16O5S. The fourth-order valence-electron chi connectivity index (χ4n) is 1.49. The lowest BCUT2D eigenvalue weighted by molar-refractivity contribution is -0.143. The van der Waals surface area contributed by atoms with Crippen molar-refractivity contribution in [3.8, 4) is 0 Å². The first-order chi connectivity index (χ1) is 9.42. The van der Waals surface area contributed by atoms with Gasteiger partial charge in [0.05, 0.1) is 13.5 Å². The summed E-state index contributed by atoms with van der Waals surface area (Å²) in [6, 6.07) is 6.99. The van der Waals surface area contributed by atoms with Gasteiger partial charge in [0.25, 0.3) is 0 Å². The van der Waals surface area contributed by atoms with Gasteiger partial charge in [-0.1, -0.05) is 17.7 Å². The molecule has 0 radical (unpaired) electrons. The minimum Gasteiger partial charge on any atom is -0.611 e. The van der Waals surface area contributed by atoms with Gasteiger partial charge >= 0.3 is 5.97 Å². The van der Waals surface area contributed by atoms with Crippen LogP contribution >= 0.6 is 0 Å². The Hall–Kier alpha value is -1.66. The van der Waals surface area contributed by atoms with Gasteiger partial charge in [-0.25, -0.2) is 0 Å². The molecule has 0 N–H and O–H groups in total. The van der Waals surface area contributed by atoms with Crippen molar-refractivity contribution in [2.24, 2.45) is 0 Å². The lowest BCUT2D eigenvalue weighted by Gasteiger charge is -2.09. The van der Waals surface area contributed by atoms with Crippen LogP contribution in [0, 0.1) is 6.92 Å². The van der Waals surface area contributed by atoms with Crippen molar-refractivity contribution in [2.75, 3.05) is 12.9 Å². The summed E-state index contributed by atoms with van der Waals surface area (Å²) >= 11 is -1.47. The molecule has 0 aromatic heterocycles. The van der Waals surface area contributed by atoms with Crippen molar-refractivity contribution in [1.29, 1.82) is 0 Å². The molecule has 0 heterocycles. The lowest BCUT2D eigenvalue weighted by atomic mass is 10.2. The first-order valence-electron chi connectivity index (χ1n) is 5.97. The molecule has 0 spiro atoms. The summed E-state index contributed by atoms with van der Waals surface area (Å²) in [5.41, 5.74) is 1.03. The summed E-state index contributed by atoms with van der Waals surface area (Å²) in [5, 5.41) is 0. The summed E-state index contributed by atoms with van der Waals surface area (Å²) in [6.07, 6.45) is -0.827. The fourth-order valence-corrected chi connectivity index (χ4v) is 2.49. The Kier molecular flexibility index (Phi) is 6.41. The molecule has 1 aromatic rings. The van der Waals surface area contributed by atoms with Gasteiger partial charge in [0.1, 0.15) is 6.42 Å². The smallest absolute Gasteiger partial charge is 0.313 e. The van der Waals surface area contributed by atoms with Crippen molar-refractivity contribution >= 4 is 28.7 Å². The number of ether oxygens (including phenoxy) is 1. The molecule has 1 aromatic carbocycles. The van der Waals surface area contributed by atoms with Crippen molar-refractivity contribution in [3.05, 3.63) is 29.8 Å². The van der Waals surface area contributed by atoms with Crippen LogP contribution in [0.1, 0.15) is 18.4 Å². The van der Waals surface area contributed by atoms with E-state index in [1.165, 1.54) is 7.11 Å². The number of hydrogen-bond donors (Lipinski definition) is 0. The van der Waals surface area contributed by atoms with Crippen molar-refractivity contribution in [1.82, 2.24) is 0 Å². The van der Waals surface area contributed by atoms with Crippen LogP contribution in [0.5, 0.6) is 0 Å². The highest BCUT2D eigenvalue weighted by Gasteiger charge is 2.20. The van der Waals surface area contributed by atoms with E-state index in [0.717, 1.165) is 5.56 Å². The Labute approximate surface area is 120 Å². The molecule has 0 saturated heterocycles. The molecule has 0 fully saturated rings. The van der Waals surface area contributed by atoms with E-state index in [9.17, 15) is 18.9 Å². The maximum Gasteiger partial charge on any atom is 0.313 e. The number of carbonyl (C=O) groups is 3. The van der Waals surface area contributed by atoms with Crippen LogP contribution in [0.25, 0.3) is 0 Å². The number of carbonyl (C=O) groups excluding carboxylic acids is 3. The van der Waals surface area contributed by atoms with Gasteiger partial charge in [-0.05, 0) is 30.2 Å². The van der Waals surface area contributed by atoms with Crippen LogP contribution in [0.3, 0.4) is 0 Å². The minimum atomic E-state index is -1.47. The van der Waals surface area contributed by atoms with E-state index in [2.05, 4.69) is 4.74 Å². The van der Waals surface area contributed by atoms with Crippen LogP contribution in [0.4, 0.5) is 0 Å². The first kappa shape index (κ1) is 16.4. The number of methoxy groups -OCH3 is 1. The second-order valence-corrected chi connectivity index (χ2v) is 5.76. The molecule has 108 valence electrons. The lowest BCUT2D eigenvalue weighted by Crippen LogP contribution is -2.20. The highest BCUT2D eigenvalue weighted by atomic mass is 32.2. The highest BCUT2D eigenvalue weighted by molar-refractivity contribution is 7.92. The Balaban J connectivity index is 2.47. The Morgan fingerprint density at radius 3 is 2.25 bits per heavy atom. The molecule has 0 aliphatic rings. The predicted molar refractivity (Wildman–Crippen MR) is 73.7 cm³/mol. The second-order valence-electron chi connectivity index (χ2n) is 4.31. The molecule has 6 heteroatoms. The van der Waals surface area contributed by atoms with Crippen molar-refractivity contribution < 1.29 is 23.7 Å². The maximum atomic E-state index is 11.9. The Bertz CT molecular complexity index is 495. The molecule has 1 rings (SSSR count). The number of esters is 1. The van der Waals surface area contributed by atoms with Crippen LogP contribution in [-0.2, 0) is 30.3 Å². The highest BCUT2D eigenvalue weighted by Crippen LogP contribution is 2.13. The Morgan fingerprint density at radius 2 is 1.70 bits per heavy atom. The monoisotopic (exact) mass is 296 g/mol. The van der Waals surface area contributed by atoms with Gasteiger partial charge in [0, 0.05) is 0 Å². The van der Waals surface area contributed by atoms with Crippen LogP contribution in [0.15, 0.2) is 29.2 Å². The molecular weight excluding hydrogens is 280 g/mol. The number of rotatable bonds is 7. The molecule has 0 unspecified atom stereocenters. The van der Waals surface area contributed by atoms with Crippen LogP contribution < -0.4 is 0 Å². The van der Waals surface area contributed by atoms with Gasteiger partial charge in [0.2, 0.25) is 0 Å². The van der Waals surface area contributed by atoms with E-state index in [1.807, 2.05) is 6.92 Å². The third-order valence-electron chi connectivity index (χ3n) is 2.54. The molecule has 0 aliphatic carbocycles. The molecule has 5 nitrogen and oxygen atoms in total. The van der Waals surface area contributed by atoms with E-state index >= 15 is 0 Å². The van der Waals surface area contributed by atoms with E-state index in [4.69, 9.17) is 0 Å². The van der Waals surface area contributed by atoms with Gasteiger partial charge in [-0.3, -0.25) is 14.4 Å². The Morgan fingerprint density at radius 1 is 1.10 bits per heavy atom. The maximum absolute atomic E-state index is 11.9. The normalized spacial score (nSPS) is 11.8. The summed E-state index contributed by atoms with van der Waals surface area (Å²) in [7, 11) is 1.17. The number of hydrogen-bond acceptors (Lipinski definition) is 5. The average Bonchev–Trinajstić information content (AvgIpc) is 2.38.